The highest BCUT2D eigenvalue weighted by molar-refractivity contribution is 8.16. The van der Waals surface area contributed by atoms with E-state index in [0.717, 1.165) is 11.8 Å². The summed E-state index contributed by atoms with van der Waals surface area (Å²) in [6.07, 6.45) is 0. The van der Waals surface area contributed by atoms with Gasteiger partial charge in [-0.25, -0.2) is 0 Å². The van der Waals surface area contributed by atoms with Crippen LogP contribution in [0.3, 0.4) is 0 Å². The van der Waals surface area contributed by atoms with Crippen molar-refractivity contribution in [3.63, 3.8) is 0 Å². The molecular formula is C10H6O4S. The Morgan fingerprint density at radius 2 is 1.73 bits per heavy atom. The number of fused-ring (bicyclic) bond motifs is 2. The Kier molecular flexibility index (Phi) is 1.76. The van der Waals surface area contributed by atoms with E-state index >= 15 is 0 Å². The third-order valence-corrected chi connectivity index (χ3v) is 3.21. The number of Topliss-reactive ketones (excluding diaryl/α,β-unsaturated/α-hetero) is 1. The van der Waals surface area contributed by atoms with Gasteiger partial charge in [-0.1, -0.05) is 0 Å². The second kappa shape index (κ2) is 3.00. The van der Waals surface area contributed by atoms with Crippen LogP contribution in [0.4, 0.5) is 0 Å². The molecule has 0 N–H and O–H groups in total. The summed E-state index contributed by atoms with van der Waals surface area (Å²) in [5, 5.41) is -0.438. The van der Waals surface area contributed by atoms with E-state index in [0.29, 0.717) is 35.2 Å². The first kappa shape index (κ1) is 8.79. The van der Waals surface area contributed by atoms with E-state index in [1.54, 1.807) is 12.1 Å². The van der Waals surface area contributed by atoms with Crippen molar-refractivity contribution in [2.24, 2.45) is 0 Å². The number of carbonyl (C=O) groups excluding carboxylic acids is 2. The predicted octanol–water partition coefficient (Wildman–Crippen LogP) is 1.27. The summed E-state index contributed by atoms with van der Waals surface area (Å²) >= 11 is 0.948. The highest BCUT2D eigenvalue weighted by atomic mass is 32.2. The maximum Gasteiger partial charge on any atom is 0.264 e. The van der Waals surface area contributed by atoms with Gasteiger partial charge in [0.15, 0.2) is 11.5 Å². The van der Waals surface area contributed by atoms with Crippen LogP contribution in [0.5, 0.6) is 11.5 Å². The van der Waals surface area contributed by atoms with Crippen LogP contribution in [0.2, 0.25) is 0 Å². The van der Waals surface area contributed by atoms with Crippen molar-refractivity contribution in [2.45, 2.75) is 4.90 Å². The Morgan fingerprint density at radius 1 is 1.07 bits per heavy atom. The van der Waals surface area contributed by atoms with Crippen LogP contribution < -0.4 is 9.47 Å². The Balaban J connectivity index is 2.16. The first-order chi connectivity index (χ1) is 7.25. The fourth-order valence-corrected chi connectivity index (χ4v) is 2.42. The largest absolute Gasteiger partial charge is 0.486 e. The average Bonchev–Trinajstić information content (AvgIpc) is 2.52. The Morgan fingerprint density at radius 3 is 2.47 bits per heavy atom. The summed E-state index contributed by atoms with van der Waals surface area (Å²) in [5.74, 6) is 0.700. The molecule has 2 heterocycles. The third-order valence-electron chi connectivity index (χ3n) is 2.28. The molecule has 0 unspecified atom stereocenters. The fraction of sp³-hybridized carbons (Fsp3) is 0.200. The molecule has 0 fully saturated rings. The van der Waals surface area contributed by atoms with E-state index in [2.05, 4.69) is 0 Å². The van der Waals surface area contributed by atoms with E-state index in [1.807, 2.05) is 0 Å². The molecule has 3 rings (SSSR count). The molecule has 1 aromatic rings. The highest BCUT2D eigenvalue weighted by Crippen LogP contribution is 2.41. The Bertz CT molecular complexity index is 481. The zero-order chi connectivity index (χ0) is 10.4. The van der Waals surface area contributed by atoms with Crippen molar-refractivity contribution < 1.29 is 19.1 Å². The minimum Gasteiger partial charge on any atom is -0.486 e. The smallest absolute Gasteiger partial charge is 0.264 e. The van der Waals surface area contributed by atoms with Crippen LogP contribution in [-0.2, 0) is 4.79 Å². The maximum absolute atomic E-state index is 11.4. The molecular weight excluding hydrogens is 216 g/mol. The number of hydrogen-bond acceptors (Lipinski definition) is 5. The van der Waals surface area contributed by atoms with Crippen LogP contribution in [0.25, 0.3) is 0 Å². The Hall–Kier alpha value is -1.49. The van der Waals surface area contributed by atoms with Gasteiger partial charge in [0, 0.05) is 10.5 Å². The van der Waals surface area contributed by atoms with E-state index in [-0.39, 0.29) is 0 Å². The molecule has 0 saturated carbocycles. The molecule has 76 valence electrons. The minimum absolute atomic E-state index is 0.425. The van der Waals surface area contributed by atoms with Gasteiger partial charge in [0.1, 0.15) is 13.2 Å². The van der Waals surface area contributed by atoms with Gasteiger partial charge in [-0.2, -0.15) is 0 Å². The maximum atomic E-state index is 11.4. The third kappa shape index (κ3) is 1.23. The highest BCUT2D eigenvalue weighted by Gasteiger charge is 2.31. The molecule has 0 radical (unpaired) electrons. The fourth-order valence-electron chi connectivity index (χ4n) is 1.59. The van der Waals surface area contributed by atoms with Gasteiger partial charge in [-0.05, 0) is 23.9 Å². The summed E-state index contributed by atoms with van der Waals surface area (Å²) in [5.41, 5.74) is 0.425. The molecule has 0 aromatic heterocycles. The number of thioether (sulfide) groups is 1. The molecule has 2 aliphatic heterocycles. The lowest BCUT2D eigenvalue weighted by atomic mass is 10.1. The SMILES string of the molecule is O=C1Sc2cc3c(cc2C1=O)OCCO3. The lowest BCUT2D eigenvalue weighted by Gasteiger charge is -2.18. The molecule has 0 bridgehead atoms. The zero-order valence-electron chi connectivity index (χ0n) is 7.61. The molecule has 15 heavy (non-hydrogen) atoms. The second-order valence-corrected chi connectivity index (χ2v) is 4.23. The van der Waals surface area contributed by atoms with Crippen molar-refractivity contribution in [3.8, 4) is 11.5 Å². The van der Waals surface area contributed by atoms with E-state index in [4.69, 9.17) is 9.47 Å². The lowest BCUT2D eigenvalue weighted by molar-refractivity contribution is -0.107. The van der Waals surface area contributed by atoms with Crippen molar-refractivity contribution in [1.82, 2.24) is 0 Å². The normalized spacial score (nSPS) is 17.9. The van der Waals surface area contributed by atoms with Crippen LogP contribution in [0.1, 0.15) is 10.4 Å². The molecule has 4 nitrogen and oxygen atoms in total. The number of benzene rings is 1. The Labute approximate surface area is 89.6 Å². The average molecular weight is 222 g/mol. The van der Waals surface area contributed by atoms with Gasteiger partial charge < -0.3 is 9.47 Å². The van der Waals surface area contributed by atoms with Gasteiger partial charge in [0.2, 0.25) is 5.78 Å². The van der Waals surface area contributed by atoms with Crippen LogP contribution >= 0.6 is 11.8 Å². The van der Waals surface area contributed by atoms with E-state index in [9.17, 15) is 9.59 Å². The van der Waals surface area contributed by atoms with E-state index < -0.39 is 10.9 Å². The zero-order valence-corrected chi connectivity index (χ0v) is 8.43. The molecule has 0 aliphatic carbocycles. The van der Waals surface area contributed by atoms with Crippen LogP contribution in [0.15, 0.2) is 17.0 Å². The minimum atomic E-state index is -0.452. The van der Waals surface area contributed by atoms with Crippen molar-refractivity contribution in [1.29, 1.82) is 0 Å². The molecule has 0 saturated heterocycles. The van der Waals surface area contributed by atoms with Gasteiger partial charge in [-0.15, -0.1) is 0 Å². The first-order valence-electron chi connectivity index (χ1n) is 4.46. The summed E-state index contributed by atoms with van der Waals surface area (Å²) in [4.78, 5) is 23.3. The van der Waals surface area contributed by atoms with Crippen LogP contribution in [0, 0.1) is 0 Å². The predicted molar refractivity (Wildman–Crippen MR) is 52.6 cm³/mol. The first-order valence-corrected chi connectivity index (χ1v) is 5.27. The van der Waals surface area contributed by atoms with E-state index in [1.165, 1.54) is 0 Å². The lowest BCUT2D eigenvalue weighted by Crippen LogP contribution is -2.15. The molecule has 5 heteroatoms. The summed E-state index contributed by atoms with van der Waals surface area (Å²) in [7, 11) is 0. The van der Waals surface area contributed by atoms with Gasteiger partial charge in [0.25, 0.3) is 5.12 Å². The molecule has 0 spiro atoms. The number of ketones is 1. The second-order valence-electron chi connectivity index (χ2n) is 3.21. The number of carbonyl (C=O) groups is 2. The summed E-state index contributed by atoms with van der Waals surface area (Å²) < 4.78 is 10.7. The van der Waals surface area contributed by atoms with Crippen molar-refractivity contribution in [2.75, 3.05) is 13.2 Å². The monoisotopic (exact) mass is 222 g/mol. The summed E-state index contributed by atoms with van der Waals surface area (Å²) in [6, 6.07) is 3.28. The molecule has 0 atom stereocenters. The molecule has 1 aromatic carbocycles. The number of rotatable bonds is 0. The molecule has 2 aliphatic rings. The van der Waals surface area contributed by atoms with Crippen molar-refractivity contribution in [3.05, 3.63) is 17.7 Å². The number of ether oxygens (including phenoxy) is 2. The quantitative estimate of drug-likeness (QED) is 0.619. The standard InChI is InChI=1S/C10H6O4S/c11-9-5-3-6-7(14-2-1-13-6)4-8(5)15-10(9)12/h3-4H,1-2H2. The van der Waals surface area contributed by atoms with Gasteiger partial charge >= 0.3 is 0 Å². The van der Waals surface area contributed by atoms with Crippen molar-refractivity contribution >= 4 is 22.7 Å². The summed E-state index contributed by atoms with van der Waals surface area (Å²) in [6.45, 7) is 0.972. The number of hydrogen-bond donors (Lipinski definition) is 0. The topological polar surface area (TPSA) is 52.6 Å². The van der Waals surface area contributed by atoms with Gasteiger partial charge in [-0.3, -0.25) is 9.59 Å². The molecule has 0 amide bonds. The van der Waals surface area contributed by atoms with Gasteiger partial charge in [0.05, 0.1) is 0 Å². The van der Waals surface area contributed by atoms with Crippen LogP contribution in [-0.4, -0.2) is 24.1 Å².